The van der Waals surface area contributed by atoms with Crippen LogP contribution < -0.4 is 10.1 Å². The van der Waals surface area contributed by atoms with E-state index in [2.05, 4.69) is 34.5 Å². The smallest absolute Gasteiger partial charge is 0.251 e. The minimum atomic E-state index is -0.0411. The Morgan fingerprint density at radius 2 is 1.72 bits per heavy atom. The lowest BCUT2D eigenvalue weighted by Gasteiger charge is -2.35. The van der Waals surface area contributed by atoms with E-state index in [9.17, 15) is 4.79 Å². The molecule has 1 fully saturated rings. The summed E-state index contributed by atoms with van der Waals surface area (Å²) in [6, 6.07) is 17.9. The zero-order chi connectivity index (χ0) is 17.5. The van der Waals surface area contributed by atoms with E-state index in [1.807, 2.05) is 18.2 Å². The molecule has 0 aromatic heterocycles. The normalized spacial score (nSPS) is 16.2. The number of piperidine rings is 1. The molecule has 1 atom stereocenters. The van der Waals surface area contributed by atoms with Gasteiger partial charge in [0.05, 0.1) is 13.2 Å². The standard InChI is InChI=1S/C21H26N2O2/c1-25-19-12-10-18(11-13-19)21(24)22-16-20(17-8-4-2-5-9-17)23-14-6-3-7-15-23/h2,4-5,8-13,20H,3,6-7,14-16H2,1H3,(H,22,24). The number of methoxy groups -OCH3 is 1. The van der Waals surface area contributed by atoms with Crippen molar-refractivity contribution in [3.05, 3.63) is 65.7 Å². The Labute approximate surface area is 149 Å². The lowest BCUT2D eigenvalue weighted by atomic mass is 10.0. The number of carbonyl (C=O) groups excluding carboxylic acids is 1. The predicted octanol–water partition coefficient (Wildman–Crippen LogP) is 3.65. The highest BCUT2D eigenvalue weighted by Gasteiger charge is 2.22. The molecule has 132 valence electrons. The van der Waals surface area contributed by atoms with E-state index in [0.29, 0.717) is 12.1 Å². The van der Waals surface area contributed by atoms with Gasteiger partial charge in [-0.25, -0.2) is 0 Å². The molecule has 25 heavy (non-hydrogen) atoms. The molecule has 0 radical (unpaired) electrons. The number of hydrogen-bond donors (Lipinski definition) is 1. The third-order valence-corrected chi connectivity index (χ3v) is 4.82. The second-order valence-electron chi connectivity index (χ2n) is 6.46. The van der Waals surface area contributed by atoms with Crippen molar-refractivity contribution >= 4 is 5.91 Å². The number of nitrogens with one attached hydrogen (secondary N) is 1. The van der Waals surface area contributed by atoms with Gasteiger partial charge in [-0.2, -0.15) is 0 Å². The summed E-state index contributed by atoms with van der Waals surface area (Å²) in [5, 5.41) is 3.11. The summed E-state index contributed by atoms with van der Waals surface area (Å²) < 4.78 is 5.15. The number of ether oxygens (including phenoxy) is 1. The van der Waals surface area contributed by atoms with E-state index in [1.54, 1.807) is 19.2 Å². The Kier molecular flexibility index (Phi) is 6.07. The van der Waals surface area contributed by atoms with Crippen LogP contribution in [-0.2, 0) is 0 Å². The Balaban J connectivity index is 1.68. The van der Waals surface area contributed by atoms with E-state index in [-0.39, 0.29) is 11.9 Å². The predicted molar refractivity (Wildman–Crippen MR) is 99.9 cm³/mol. The van der Waals surface area contributed by atoms with Gasteiger partial charge in [-0.1, -0.05) is 36.8 Å². The van der Waals surface area contributed by atoms with Crippen LogP contribution in [0.5, 0.6) is 5.75 Å². The number of amides is 1. The van der Waals surface area contributed by atoms with Crippen LogP contribution in [0, 0.1) is 0 Å². The zero-order valence-corrected chi connectivity index (χ0v) is 14.8. The number of hydrogen-bond acceptors (Lipinski definition) is 3. The van der Waals surface area contributed by atoms with Crippen molar-refractivity contribution in [1.82, 2.24) is 10.2 Å². The summed E-state index contributed by atoms with van der Waals surface area (Å²) in [4.78, 5) is 15.0. The van der Waals surface area contributed by atoms with Crippen LogP contribution in [0.25, 0.3) is 0 Å². The molecular formula is C21H26N2O2. The van der Waals surface area contributed by atoms with E-state index < -0.39 is 0 Å². The molecule has 4 nitrogen and oxygen atoms in total. The van der Waals surface area contributed by atoms with Crippen LogP contribution in [0.15, 0.2) is 54.6 Å². The highest BCUT2D eigenvalue weighted by molar-refractivity contribution is 5.94. The summed E-state index contributed by atoms with van der Waals surface area (Å²) in [5.74, 6) is 0.715. The fraction of sp³-hybridized carbons (Fsp3) is 0.381. The van der Waals surface area contributed by atoms with Gasteiger partial charge in [-0.3, -0.25) is 9.69 Å². The van der Waals surface area contributed by atoms with E-state index in [1.165, 1.54) is 24.8 Å². The van der Waals surface area contributed by atoms with E-state index in [4.69, 9.17) is 4.74 Å². The third-order valence-electron chi connectivity index (χ3n) is 4.82. The molecule has 0 bridgehead atoms. The fourth-order valence-electron chi connectivity index (χ4n) is 3.40. The first kappa shape index (κ1) is 17.5. The molecule has 0 aliphatic carbocycles. The Morgan fingerprint density at radius 1 is 1.04 bits per heavy atom. The first-order valence-corrected chi connectivity index (χ1v) is 8.99. The molecule has 1 aliphatic heterocycles. The Morgan fingerprint density at radius 3 is 2.36 bits per heavy atom. The van der Waals surface area contributed by atoms with Crippen molar-refractivity contribution in [1.29, 1.82) is 0 Å². The molecule has 0 spiro atoms. The Bertz CT molecular complexity index is 664. The van der Waals surface area contributed by atoms with Gasteiger partial charge in [0.2, 0.25) is 0 Å². The highest BCUT2D eigenvalue weighted by atomic mass is 16.5. The van der Waals surface area contributed by atoms with Crippen LogP contribution in [0.4, 0.5) is 0 Å². The quantitative estimate of drug-likeness (QED) is 0.874. The first-order valence-electron chi connectivity index (χ1n) is 8.99. The van der Waals surface area contributed by atoms with Crippen molar-refractivity contribution in [3.8, 4) is 5.75 Å². The number of rotatable bonds is 6. The van der Waals surface area contributed by atoms with Crippen molar-refractivity contribution in [2.24, 2.45) is 0 Å². The van der Waals surface area contributed by atoms with Gasteiger partial charge in [0.1, 0.15) is 5.75 Å². The molecule has 1 heterocycles. The lowest BCUT2D eigenvalue weighted by Crippen LogP contribution is -2.40. The number of carbonyl (C=O) groups is 1. The number of benzene rings is 2. The fourth-order valence-corrected chi connectivity index (χ4v) is 3.40. The number of likely N-dealkylation sites (tertiary alicyclic amines) is 1. The molecule has 1 N–H and O–H groups in total. The lowest BCUT2D eigenvalue weighted by molar-refractivity contribution is 0.0924. The molecule has 3 rings (SSSR count). The van der Waals surface area contributed by atoms with Crippen LogP contribution in [0.2, 0.25) is 0 Å². The average molecular weight is 338 g/mol. The van der Waals surface area contributed by atoms with Crippen LogP contribution in [-0.4, -0.2) is 37.6 Å². The minimum Gasteiger partial charge on any atom is -0.497 e. The second kappa shape index (κ2) is 8.67. The molecular weight excluding hydrogens is 312 g/mol. The van der Waals surface area contributed by atoms with Gasteiger partial charge in [0.15, 0.2) is 0 Å². The van der Waals surface area contributed by atoms with Gasteiger partial charge < -0.3 is 10.1 Å². The zero-order valence-electron chi connectivity index (χ0n) is 14.8. The van der Waals surface area contributed by atoms with Crippen molar-refractivity contribution in [2.75, 3.05) is 26.7 Å². The Hall–Kier alpha value is -2.33. The van der Waals surface area contributed by atoms with Gasteiger partial charge >= 0.3 is 0 Å². The van der Waals surface area contributed by atoms with Crippen LogP contribution in [0.1, 0.15) is 41.2 Å². The molecule has 0 saturated carbocycles. The van der Waals surface area contributed by atoms with Crippen molar-refractivity contribution in [2.45, 2.75) is 25.3 Å². The average Bonchev–Trinajstić information content (AvgIpc) is 2.70. The van der Waals surface area contributed by atoms with Gasteiger partial charge in [-0.05, 0) is 55.8 Å². The summed E-state index contributed by atoms with van der Waals surface area (Å²) >= 11 is 0. The first-order chi connectivity index (χ1) is 12.3. The maximum absolute atomic E-state index is 12.5. The van der Waals surface area contributed by atoms with Crippen LogP contribution >= 0.6 is 0 Å². The molecule has 2 aromatic rings. The maximum Gasteiger partial charge on any atom is 0.251 e. The topological polar surface area (TPSA) is 41.6 Å². The summed E-state index contributed by atoms with van der Waals surface area (Å²) in [5.41, 5.74) is 1.92. The molecule has 1 saturated heterocycles. The summed E-state index contributed by atoms with van der Waals surface area (Å²) in [6.45, 7) is 2.81. The van der Waals surface area contributed by atoms with Crippen molar-refractivity contribution in [3.63, 3.8) is 0 Å². The summed E-state index contributed by atoms with van der Waals surface area (Å²) in [6.07, 6.45) is 3.77. The minimum absolute atomic E-state index is 0.0411. The molecule has 1 aliphatic rings. The maximum atomic E-state index is 12.5. The molecule has 2 aromatic carbocycles. The number of nitrogens with zero attached hydrogens (tertiary/aromatic N) is 1. The second-order valence-corrected chi connectivity index (χ2v) is 6.46. The SMILES string of the molecule is COc1ccc(C(=O)NCC(c2ccccc2)N2CCCCC2)cc1. The van der Waals surface area contributed by atoms with Gasteiger partial charge in [0.25, 0.3) is 5.91 Å². The third kappa shape index (κ3) is 4.60. The monoisotopic (exact) mass is 338 g/mol. The summed E-state index contributed by atoms with van der Waals surface area (Å²) in [7, 11) is 1.62. The van der Waals surface area contributed by atoms with E-state index >= 15 is 0 Å². The van der Waals surface area contributed by atoms with Gasteiger partial charge in [-0.15, -0.1) is 0 Å². The van der Waals surface area contributed by atoms with Crippen LogP contribution in [0.3, 0.4) is 0 Å². The highest BCUT2D eigenvalue weighted by Crippen LogP contribution is 2.24. The van der Waals surface area contributed by atoms with E-state index in [0.717, 1.165) is 18.8 Å². The van der Waals surface area contributed by atoms with Gasteiger partial charge in [0, 0.05) is 12.1 Å². The molecule has 1 amide bonds. The largest absolute Gasteiger partial charge is 0.497 e. The molecule has 4 heteroatoms. The van der Waals surface area contributed by atoms with Crippen molar-refractivity contribution < 1.29 is 9.53 Å². The molecule has 1 unspecified atom stereocenters.